The van der Waals surface area contributed by atoms with Gasteiger partial charge in [-0.15, -0.1) is 0 Å². The zero-order valence-corrected chi connectivity index (χ0v) is 18.6. The van der Waals surface area contributed by atoms with Crippen molar-refractivity contribution in [2.45, 2.75) is 73.0 Å². The highest BCUT2D eigenvalue weighted by Crippen LogP contribution is 2.17. The second kappa shape index (κ2) is 10.2. The lowest BCUT2D eigenvalue weighted by atomic mass is 10.0. The molecule has 2 amide bonds. The highest BCUT2D eigenvalue weighted by molar-refractivity contribution is 5.88. The van der Waals surface area contributed by atoms with Crippen LogP contribution in [0, 0.1) is 20.8 Å². The Balaban J connectivity index is 2.28. The number of aryl methyl sites for hydroxylation is 3. The monoisotopic (exact) mass is 394 g/mol. The van der Waals surface area contributed by atoms with Crippen LogP contribution in [-0.2, 0) is 22.6 Å². The van der Waals surface area contributed by atoms with Crippen LogP contribution in [0.1, 0.15) is 55.0 Å². The molecule has 0 saturated carbocycles. The molecule has 0 fully saturated rings. The van der Waals surface area contributed by atoms with Crippen LogP contribution in [0.3, 0.4) is 0 Å². The van der Waals surface area contributed by atoms with Gasteiger partial charge in [-0.1, -0.05) is 60.5 Å². The topological polar surface area (TPSA) is 49.4 Å². The van der Waals surface area contributed by atoms with Gasteiger partial charge in [0.2, 0.25) is 11.8 Å². The molecule has 0 aliphatic rings. The Morgan fingerprint density at radius 1 is 1.00 bits per heavy atom. The van der Waals surface area contributed by atoms with Crippen molar-refractivity contribution in [1.82, 2.24) is 10.2 Å². The van der Waals surface area contributed by atoms with Gasteiger partial charge in [-0.05, 0) is 57.7 Å². The van der Waals surface area contributed by atoms with E-state index >= 15 is 0 Å². The largest absolute Gasteiger partial charge is 0.352 e. The quantitative estimate of drug-likeness (QED) is 0.717. The summed E-state index contributed by atoms with van der Waals surface area (Å²) in [5.41, 5.74) is 5.44. The summed E-state index contributed by atoms with van der Waals surface area (Å²) in [7, 11) is 0. The van der Waals surface area contributed by atoms with Crippen molar-refractivity contribution < 1.29 is 9.59 Å². The predicted molar refractivity (Wildman–Crippen MR) is 119 cm³/mol. The molecule has 29 heavy (non-hydrogen) atoms. The van der Waals surface area contributed by atoms with E-state index in [4.69, 9.17) is 0 Å². The molecular weight excluding hydrogens is 360 g/mol. The lowest BCUT2D eigenvalue weighted by Crippen LogP contribution is -2.50. The van der Waals surface area contributed by atoms with Crippen molar-refractivity contribution in [2.24, 2.45) is 0 Å². The van der Waals surface area contributed by atoms with Gasteiger partial charge in [0.1, 0.15) is 6.04 Å². The summed E-state index contributed by atoms with van der Waals surface area (Å²) in [4.78, 5) is 27.8. The van der Waals surface area contributed by atoms with Crippen LogP contribution in [0.25, 0.3) is 0 Å². The third-order valence-electron chi connectivity index (χ3n) is 5.41. The van der Waals surface area contributed by atoms with Crippen molar-refractivity contribution in [1.29, 1.82) is 0 Å². The van der Waals surface area contributed by atoms with E-state index in [9.17, 15) is 9.59 Å². The Bertz CT molecular complexity index is 839. The molecule has 2 rings (SSSR count). The van der Waals surface area contributed by atoms with Crippen molar-refractivity contribution in [2.75, 3.05) is 0 Å². The van der Waals surface area contributed by atoms with Gasteiger partial charge in [0.15, 0.2) is 0 Å². The Morgan fingerprint density at radius 2 is 1.62 bits per heavy atom. The molecule has 2 aromatic rings. The van der Waals surface area contributed by atoms with E-state index in [-0.39, 0.29) is 24.3 Å². The number of benzene rings is 2. The summed E-state index contributed by atoms with van der Waals surface area (Å²) in [6.45, 7) is 12.4. The Kier molecular flexibility index (Phi) is 8.00. The fourth-order valence-electron chi connectivity index (χ4n) is 3.47. The molecule has 0 aromatic heterocycles. The molecule has 4 heteroatoms. The first-order valence-corrected chi connectivity index (χ1v) is 10.4. The van der Waals surface area contributed by atoms with Gasteiger partial charge in [0, 0.05) is 12.6 Å². The normalized spacial score (nSPS) is 12.9. The molecule has 1 N–H and O–H groups in total. The number of carbonyl (C=O) groups is 2. The second-order valence-electron chi connectivity index (χ2n) is 8.11. The summed E-state index contributed by atoms with van der Waals surface area (Å²) in [5.74, 6) is -0.147. The fourth-order valence-corrected chi connectivity index (χ4v) is 3.47. The number of nitrogens with zero attached hydrogens (tertiary/aromatic N) is 1. The first kappa shape index (κ1) is 22.7. The van der Waals surface area contributed by atoms with E-state index in [2.05, 4.69) is 11.4 Å². The maximum absolute atomic E-state index is 13.3. The van der Waals surface area contributed by atoms with Gasteiger partial charge in [-0.3, -0.25) is 9.59 Å². The fraction of sp³-hybridized carbons (Fsp3) is 0.440. The van der Waals surface area contributed by atoms with Gasteiger partial charge < -0.3 is 10.2 Å². The summed E-state index contributed by atoms with van der Waals surface area (Å²) in [6.07, 6.45) is 1.14. The zero-order valence-electron chi connectivity index (χ0n) is 18.6. The molecule has 0 saturated heterocycles. The van der Waals surface area contributed by atoms with Gasteiger partial charge >= 0.3 is 0 Å². The van der Waals surface area contributed by atoms with Crippen LogP contribution in [0.15, 0.2) is 42.5 Å². The Hall–Kier alpha value is -2.62. The Morgan fingerprint density at radius 3 is 2.21 bits per heavy atom. The van der Waals surface area contributed by atoms with E-state index in [0.717, 1.165) is 34.2 Å². The zero-order chi connectivity index (χ0) is 21.6. The minimum absolute atomic E-state index is 0.0370. The maximum Gasteiger partial charge on any atom is 0.242 e. The minimum Gasteiger partial charge on any atom is -0.352 e. The molecule has 0 aliphatic carbocycles. The van der Waals surface area contributed by atoms with Gasteiger partial charge in [0.25, 0.3) is 0 Å². The van der Waals surface area contributed by atoms with Crippen molar-refractivity contribution in [3.8, 4) is 0 Å². The molecule has 2 atom stereocenters. The molecule has 0 unspecified atom stereocenters. The van der Waals surface area contributed by atoms with E-state index in [1.54, 1.807) is 4.90 Å². The standard InChI is InChI=1S/C25H34N2O2/c1-7-20(5)26-25(29)21(6)27(16-23-11-9-8-10-19(23)4)24(28)15-22-13-17(2)12-18(3)14-22/h8-14,20-21H,7,15-16H2,1-6H3,(H,26,29)/t20-,21+/m0/s1. The third-order valence-corrected chi connectivity index (χ3v) is 5.41. The summed E-state index contributed by atoms with van der Waals surface area (Å²) >= 11 is 0. The van der Waals surface area contributed by atoms with Gasteiger partial charge in [0.05, 0.1) is 6.42 Å². The van der Waals surface area contributed by atoms with E-state index in [1.807, 2.05) is 77.9 Å². The van der Waals surface area contributed by atoms with Crippen LogP contribution in [0.4, 0.5) is 0 Å². The van der Waals surface area contributed by atoms with Crippen LogP contribution in [0.5, 0.6) is 0 Å². The molecule has 156 valence electrons. The molecule has 0 bridgehead atoms. The number of amides is 2. The molecule has 0 aliphatic heterocycles. The highest BCUT2D eigenvalue weighted by Gasteiger charge is 2.27. The molecular formula is C25H34N2O2. The van der Waals surface area contributed by atoms with E-state index in [1.165, 1.54) is 0 Å². The van der Waals surface area contributed by atoms with Crippen LogP contribution < -0.4 is 5.32 Å². The molecule has 0 radical (unpaired) electrons. The third kappa shape index (κ3) is 6.45. The number of hydrogen-bond acceptors (Lipinski definition) is 2. The first-order chi connectivity index (χ1) is 13.7. The lowest BCUT2D eigenvalue weighted by Gasteiger charge is -2.30. The first-order valence-electron chi connectivity index (χ1n) is 10.4. The van der Waals surface area contributed by atoms with Gasteiger partial charge in [-0.2, -0.15) is 0 Å². The van der Waals surface area contributed by atoms with Crippen LogP contribution in [0.2, 0.25) is 0 Å². The predicted octanol–water partition coefficient (Wildman–Crippen LogP) is 4.49. The molecule has 0 spiro atoms. The Labute approximate surface area is 175 Å². The summed E-state index contributed by atoms with van der Waals surface area (Å²) in [6, 6.07) is 13.7. The maximum atomic E-state index is 13.3. The van der Waals surface area contributed by atoms with Gasteiger partial charge in [-0.25, -0.2) is 0 Å². The average Bonchev–Trinajstić information content (AvgIpc) is 2.65. The van der Waals surface area contributed by atoms with Crippen molar-refractivity contribution in [3.05, 3.63) is 70.3 Å². The lowest BCUT2D eigenvalue weighted by molar-refractivity contribution is -0.140. The van der Waals surface area contributed by atoms with Crippen LogP contribution in [-0.4, -0.2) is 28.8 Å². The highest BCUT2D eigenvalue weighted by atomic mass is 16.2. The molecule has 4 nitrogen and oxygen atoms in total. The van der Waals surface area contributed by atoms with Crippen molar-refractivity contribution >= 4 is 11.8 Å². The average molecular weight is 395 g/mol. The van der Waals surface area contributed by atoms with Crippen LogP contribution >= 0.6 is 0 Å². The number of hydrogen-bond donors (Lipinski definition) is 1. The molecule has 0 heterocycles. The summed E-state index contributed by atoms with van der Waals surface area (Å²) in [5, 5.41) is 3.01. The smallest absolute Gasteiger partial charge is 0.242 e. The SMILES string of the molecule is CC[C@H](C)NC(=O)[C@@H](C)N(Cc1ccccc1C)C(=O)Cc1cc(C)cc(C)c1. The number of carbonyl (C=O) groups excluding carboxylic acids is 2. The number of rotatable bonds is 8. The molecule has 2 aromatic carbocycles. The van der Waals surface area contributed by atoms with Crippen molar-refractivity contribution in [3.63, 3.8) is 0 Å². The number of nitrogens with one attached hydrogen (secondary N) is 1. The second-order valence-corrected chi connectivity index (χ2v) is 8.11. The van der Waals surface area contributed by atoms with E-state index in [0.29, 0.717) is 6.54 Å². The van der Waals surface area contributed by atoms with E-state index < -0.39 is 6.04 Å². The minimum atomic E-state index is -0.540. The summed E-state index contributed by atoms with van der Waals surface area (Å²) < 4.78 is 0.